The van der Waals surface area contributed by atoms with Crippen LogP contribution >= 0.6 is 11.6 Å². The maximum Gasteiger partial charge on any atom is 0.275 e. The Labute approximate surface area is 195 Å². The summed E-state index contributed by atoms with van der Waals surface area (Å²) in [5.41, 5.74) is 0.937. The van der Waals surface area contributed by atoms with Gasteiger partial charge in [-0.3, -0.25) is 14.4 Å². The first kappa shape index (κ1) is 22.9. The van der Waals surface area contributed by atoms with Crippen molar-refractivity contribution < 1.29 is 14.0 Å². The number of carbonyl (C=O) groups excluding carboxylic acids is 2. The summed E-state index contributed by atoms with van der Waals surface area (Å²) in [5.74, 6) is -1.12. The van der Waals surface area contributed by atoms with Crippen molar-refractivity contribution in [2.24, 2.45) is 5.92 Å². The van der Waals surface area contributed by atoms with Gasteiger partial charge in [0.1, 0.15) is 5.69 Å². The topological polar surface area (TPSA) is 93.1 Å². The molecule has 1 aliphatic rings. The predicted molar refractivity (Wildman–Crippen MR) is 125 cm³/mol. The highest BCUT2D eigenvalue weighted by Gasteiger charge is 2.27. The van der Waals surface area contributed by atoms with Crippen LogP contribution in [-0.2, 0) is 4.79 Å². The molecule has 3 aromatic rings. The quantitative estimate of drug-likeness (QED) is 0.543. The van der Waals surface area contributed by atoms with E-state index in [9.17, 15) is 18.8 Å². The first-order chi connectivity index (χ1) is 15.8. The summed E-state index contributed by atoms with van der Waals surface area (Å²) in [6.07, 6.45) is 4.50. The third-order valence-electron chi connectivity index (χ3n) is 6.00. The molecule has 1 saturated carbocycles. The number of pyridine rings is 2. The normalized spacial score (nSPS) is 18.2. The molecular formula is C24H24ClFN4O3. The number of amides is 2. The Morgan fingerprint density at radius 2 is 2.06 bits per heavy atom. The standard InChI is InChI=1S/C24H24ClFN4O3/c1-14(31)29-20-11-18-19(25)6-3-7-21(18)30(24(20)33)17-5-2-4-15(10-17)12-28-23(32)16-8-9-22(26)27-13-16/h3,6-9,11,13,15,17H,2,4-5,10,12H2,1H3,(H,28,32)(H,29,31). The number of nitrogens with one attached hydrogen (secondary N) is 2. The average Bonchev–Trinajstić information content (AvgIpc) is 2.79. The number of rotatable bonds is 5. The Bertz CT molecular complexity index is 1260. The van der Waals surface area contributed by atoms with Crippen LogP contribution < -0.4 is 16.2 Å². The van der Waals surface area contributed by atoms with Crippen molar-refractivity contribution in [3.8, 4) is 0 Å². The lowest BCUT2D eigenvalue weighted by Gasteiger charge is -2.32. The second kappa shape index (κ2) is 9.70. The molecule has 2 unspecified atom stereocenters. The van der Waals surface area contributed by atoms with E-state index in [0.717, 1.165) is 25.3 Å². The Balaban J connectivity index is 1.58. The molecule has 2 amide bonds. The summed E-state index contributed by atoms with van der Waals surface area (Å²) >= 11 is 6.41. The minimum absolute atomic E-state index is 0.102. The molecule has 4 rings (SSSR count). The number of anilines is 1. The molecule has 172 valence electrons. The van der Waals surface area contributed by atoms with E-state index in [1.807, 2.05) is 6.07 Å². The molecule has 2 N–H and O–H groups in total. The van der Waals surface area contributed by atoms with E-state index < -0.39 is 5.95 Å². The van der Waals surface area contributed by atoms with Crippen LogP contribution in [0.5, 0.6) is 0 Å². The van der Waals surface area contributed by atoms with Crippen LogP contribution in [0, 0.1) is 11.9 Å². The largest absolute Gasteiger partial charge is 0.352 e. The lowest BCUT2D eigenvalue weighted by atomic mass is 9.85. The van der Waals surface area contributed by atoms with Gasteiger partial charge in [-0.05, 0) is 55.5 Å². The highest BCUT2D eigenvalue weighted by molar-refractivity contribution is 6.35. The minimum atomic E-state index is -0.638. The molecule has 33 heavy (non-hydrogen) atoms. The van der Waals surface area contributed by atoms with E-state index in [1.165, 1.54) is 19.2 Å². The number of halogens is 2. The smallest absolute Gasteiger partial charge is 0.275 e. The number of nitrogens with zero attached hydrogens (tertiary/aromatic N) is 2. The zero-order valence-electron chi connectivity index (χ0n) is 18.1. The fraction of sp³-hybridized carbons (Fsp3) is 0.333. The van der Waals surface area contributed by atoms with Crippen LogP contribution in [0.1, 0.15) is 49.0 Å². The van der Waals surface area contributed by atoms with Crippen LogP contribution in [0.15, 0.2) is 47.4 Å². The molecule has 0 spiro atoms. The van der Waals surface area contributed by atoms with Crippen molar-refractivity contribution >= 4 is 40.0 Å². The Morgan fingerprint density at radius 3 is 2.79 bits per heavy atom. The second-order valence-corrected chi connectivity index (χ2v) is 8.76. The van der Waals surface area contributed by atoms with Crippen LogP contribution in [0.3, 0.4) is 0 Å². The van der Waals surface area contributed by atoms with Crippen LogP contribution in [-0.4, -0.2) is 27.9 Å². The predicted octanol–water partition coefficient (Wildman–Crippen LogP) is 4.31. The highest BCUT2D eigenvalue weighted by atomic mass is 35.5. The van der Waals surface area contributed by atoms with Gasteiger partial charge in [-0.1, -0.05) is 24.1 Å². The van der Waals surface area contributed by atoms with E-state index in [-0.39, 0.29) is 35.0 Å². The van der Waals surface area contributed by atoms with E-state index in [0.29, 0.717) is 34.5 Å². The molecule has 7 nitrogen and oxygen atoms in total. The van der Waals surface area contributed by atoms with Crippen molar-refractivity contribution in [1.29, 1.82) is 0 Å². The molecule has 1 aromatic carbocycles. The van der Waals surface area contributed by atoms with Crippen molar-refractivity contribution in [2.75, 3.05) is 11.9 Å². The van der Waals surface area contributed by atoms with Gasteiger partial charge in [-0.15, -0.1) is 0 Å². The van der Waals surface area contributed by atoms with Crippen LogP contribution in [0.4, 0.5) is 10.1 Å². The van der Waals surface area contributed by atoms with Gasteiger partial charge in [0.15, 0.2) is 0 Å². The summed E-state index contributed by atoms with van der Waals surface area (Å²) in [5, 5.41) is 6.71. The fourth-order valence-corrected chi connectivity index (χ4v) is 4.72. The summed E-state index contributed by atoms with van der Waals surface area (Å²) in [6.45, 7) is 1.79. The molecule has 0 aliphatic heterocycles. The SMILES string of the molecule is CC(=O)Nc1cc2c(Cl)cccc2n(C2CCCC(CNC(=O)c3ccc(F)nc3)C2)c1=O. The zero-order valence-corrected chi connectivity index (χ0v) is 18.9. The molecule has 2 heterocycles. The molecule has 2 aromatic heterocycles. The summed E-state index contributed by atoms with van der Waals surface area (Å²) in [6, 6.07) is 9.47. The van der Waals surface area contributed by atoms with E-state index >= 15 is 0 Å². The van der Waals surface area contributed by atoms with E-state index in [2.05, 4.69) is 15.6 Å². The minimum Gasteiger partial charge on any atom is -0.352 e. The third kappa shape index (κ3) is 5.06. The summed E-state index contributed by atoms with van der Waals surface area (Å²) in [7, 11) is 0. The Hall–Kier alpha value is -3.26. The number of aromatic nitrogens is 2. The number of fused-ring (bicyclic) bond motifs is 1. The van der Waals surface area contributed by atoms with Gasteiger partial charge >= 0.3 is 0 Å². The van der Waals surface area contributed by atoms with E-state index in [1.54, 1.807) is 22.8 Å². The number of carbonyl (C=O) groups is 2. The van der Waals surface area contributed by atoms with Crippen molar-refractivity contribution in [3.63, 3.8) is 0 Å². The molecule has 1 fully saturated rings. The fourth-order valence-electron chi connectivity index (χ4n) is 4.50. The first-order valence-electron chi connectivity index (χ1n) is 10.8. The van der Waals surface area contributed by atoms with Gasteiger partial charge in [0.2, 0.25) is 11.9 Å². The lowest BCUT2D eigenvalue weighted by Crippen LogP contribution is -2.35. The summed E-state index contributed by atoms with van der Waals surface area (Å²) < 4.78 is 14.7. The van der Waals surface area contributed by atoms with Gasteiger partial charge < -0.3 is 15.2 Å². The maximum absolute atomic E-state index is 13.3. The molecule has 0 bridgehead atoms. The molecule has 2 atom stereocenters. The molecule has 1 aliphatic carbocycles. The third-order valence-corrected chi connectivity index (χ3v) is 6.33. The van der Waals surface area contributed by atoms with Gasteiger partial charge in [0, 0.05) is 36.1 Å². The second-order valence-electron chi connectivity index (χ2n) is 8.35. The molecule has 0 radical (unpaired) electrons. The maximum atomic E-state index is 13.3. The van der Waals surface area contributed by atoms with Gasteiger partial charge in [0.25, 0.3) is 11.5 Å². The lowest BCUT2D eigenvalue weighted by molar-refractivity contribution is -0.114. The van der Waals surface area contributed by atoms with E-state index in [4.69, 9.17) is 11.6 Å². The molecule has 9 heteroatoms. The highest BCUT2D eigenvalue weighted by Crippen LogP contribution is 2.35. The van der Waals surface area contributed by atoms with Crippen molar-refractivity contribution in [3.05, 3.63) is 69.5 Å². The monoisotopic (exact) mass is 470 g/mol. The van der Waals surface area contributed by atoms with Crippen LogP contribution in [0.25, 0.3) is 10.9 Å². The number of benzene rings is 1. The average molecular weight is 471 g/mol. The van der Waals surface area contributed by atoms with Gasteiger partial charge in [-0.2, -0.15) is 4.39 Å². The summed E-state index contributed by atoms with van der Waals surface area (Å²) in [4.78, 5) is 40.9. The number of hydrogen-bond acceptors (Lipinski definition) is 4. The van der Waals surface area contributed by atoms with Crippen LogP contribution in [0.2, 0.25) is 5.02 Å². The first-order valence-corrected chi connectivity index (χ1v) is 11.2. The van der Waals surface area contributed by atoms with Gasteiger partial charge in [0.05, 0.1) is 11.1 Å². The zero-order chi connectivity index (χ0) is 23.5. The Morgan fingerprint density at radius 1 is 1.24 bits per heavy atom. The van der Waals surface area contributed by atoms with Gasteiger partial charge in [-0.25, -0.2) is 4.98 Å². The molecular weight excluding hydrogens is 447 g/mol. The Kier molecular flexibility index (Phi) is 6.74. The van der Waals surface area contributed by atoms with Crippen molar-refractivity contribution in [2.45, 2.75) is 38.6 Å². The molecule has 0 saturated heterocycles. The number of hydrogen-bond donors (Lipinski definition) is 2. The van der Waals surface area contributed by atoms with Crippen molar-refractivity contribution in [1.82, 2.24) is 14.9 Å².